The zero-order chi connectivity index (χ0) is 11.4. The van der Waals surface area contributed by atoms with Gasteiger partial charge in [-0.1, -0.05) is 20.3 Å². The van der Waals surface area contributed by atoms with Crippen molar-refractivity contribution in [3.8, 4) is 0 Å². The van der Waals surface area contributed by atoms with Crippen LogP contribution in [0.15, 0.2) is 11.6 Å². The van der Waals surface area contributed by atoms with Crippen molar-refractivity contribution >= 4 is 11.3 Å². The number of aromatic nitrogens is 1. The van der Waals surface area contributed by atoms with Gasteiger partial charge in [0.2, 0.25) is 0 Å². The van der Waals surface area contributed by atoms with Crippen molar-refractivity contribution in [1.82, 2.24) is 10.3 Å². The molecule has 0 aliphatic heterocycles. The van der Waals surface area contributed by atoms with Gasteiger partial charge in [-0.2, -0.15) is 0 Å². The maximum absolute atomic E-state index is 4.42. The molecule has 90 valence electrons. The predicted molar refractivity (Wildman–Crippen MR) is 69.8 cm³/mol. The molecule has 1 aromatic rings. The van der Waals surface area contributed by atoms with E-state index in [0.29, 0.717) is 5.41 Å². The monoisotopic (exact) mass is 238 g/mol. The number of rotatable bonds is 6. The van der Waals surface area contributed by atoms with E-state index in [-0.39, 0.29) is 0 Å². The highest BCUT2D eigenvalue weighted by Gasteiger charge is 2.37. The van der Waals surface area contributed by atoms with Crippen LogP contribution >= 0.6 is 11.3 Å². The van der Waals surface area contributed by atoms with Gasteiger partial charge in [-0.15, -0.1) is 11.3 Å². The Morgan fingerprint density at radius 2 is 2.31 bits per heavy atom. The fourth-order valence-corrected chi connectivity index (χ4v) is 3.17. The molecule has 0 radical (unpaired) electrons. The van der Waals surface area contributed by atoms with Gasteiger partial charge in [0, 0.05) is 24.5 Å². The van der Waals surface area contributed by atoms with Crippen molar-refractivity contribution in [3.05, 3.63) is 16.6 Å². The van der Waals surface area contributed by atoms with Crippen LogP contribution in [-0.4, -0.2) is 18.1 Å². The average molecular weight is 238 g/mol. The van der Waals surface area contributed by atoms with Crippen molar-refractivity contribution in [2.24, 2.45) is 11.3 Å². The SMILES string of the molecule is CC(C)CNCC1(Cc2nccs2)CCC1. The Balaban J connectivity index is 1.82. The molecule has 0 amide bonds. The maximum Gasteiger partial charge on any atom is 0.0930 e. The molecule has 1 aromatic heterocycles. The standard InChI is InChI=1S/C13H22N2S/c1-11(2)9-14-10-13(4-3-5-13)8-12-15-6-7-16-12/h6-7,11,14H,3-5,8-10H2,1-2H3. The maximum atomic E-state index is 4.42. The Labute approximate surface area is 102 Å². The molecule has 2 nitrogen and oxygen atoms in total. The molecule has 3 heteroatoms. The van der Waals surface area contributed by atoms with Crippen LogP contribution < -0.4 is 5.32 Å². The first kappa shape index (κ1) is 12.1. The van der Waals surface area contributed by atoms with Crippen LogP contribution in [0.5, 0.6) is 0 Å². The highest BCUT2D eigenvalue weighted by molar-refractivity contribution is 7.09. The third-order valence-corrected chi connectivity index (χ3v) is 4.26. The van der Waals surface area contributed by atoms with Gasteiger partial charge in [-0.05, 0) is 30.7 Å². The molecule has 0 unspecified atom stereocenters. The molecule has 1 N–H and O–H groups in total. The van der Waals surface area contributed by atoms with Crippen molar-refractivity contribution in [2.45, 2.75) is 39.5 Å². The lowest BCUT2D eigenvalue weighted by molar-refractivity contribution is 0.129. The van der Waals surface area contributed by atoms with Crippen LogP contribution in [0.3, 0.4) is 0 Å². The van der Waals surface area contributed by atoms with Gasteiger partial charge in [-0.25, -0.2) is 4.98 Å². The minimum atomic E-state index is 0.521. The smallest absolute Gasteiger partial charge is 0.0930 e. The zero-order valence-electron chi connectivity index (χ0n) is 10.3. The van der Waals surface area contributed by atoms with E-state index >= 15 is 0 Å². The van der Waals surface area contributed by atoms with Crippen LogP contribution in [-0.2, 0) is 6.42 Å². The van der Waals surface area contributed by atoms with E-state index in [1.807, 2.05) is 6.20 Å². The van der Waals surface area contributed by atoms with Crippen LogP contribution in [0.25, 0.3) is 0 Å². The molecular formula is C13H22N2S. The van der Waals surface area contributed by atoms with E-state index in [1.165, 1.54) is 37.2 Å². The normalized spacial score (nSPS) is 18.7. The molecule has 2 rings (SSSR count). The van der Waals surface area contributed by atoms with Gasteiger partial charge < -0.3 is 5.32 Å². The van der Waals surface area contributed by atoms with Crippen LogP contribution in [0, 0.1) is 11.3 Å². The first-order valence-electron chi connectivity index (χ1n) is 6.29. The molecule has 1 saturated carbocycles. The third-order valence-electron chi connectivity index (χ3n) is 3.48. The van der Waals surface area contributed by atoms with E-state index in [1.54, 1.807) is 11.3 Å². The summed E-state index contributed by atoms with van der Waals surface area (Å²) in [5.41, 5.74) is 0.521. The molecule has 1 fully saturated rings. The molecular weight excluding hydrogens is 216 g/mol. The summed E-state index contributed by atoms with van der Waals surface area (Å²) in [5.74, 6) is 0.747. The highest BCUT2D eigenvalue weighted by atomic mass is 32.1. The molecule has 0 bridgehead atoms. The Kier molecular flexibility index (Phi) is 3.98. The Bertz CT molecular complexity index is 302. The second kappa shape index (κ2) is 5.28. The van der Waals surface area contributed by atoms with Crippen molar-refractivity contribution < 1.29 is 0 Å². The molecule has 16 heavy (non-hydrogen) atoms. The fourth-order valence-electron chi connectivity index (χ4n) is 2.38. The second-order valence-corrected chi connectivity index (χ2v) is 6.46. The Morgan fingerprint density at radius 3 is 2.81 bits per heavy atom. The van der Waals surface area contributed by atoms with Crippen LogP contribution in [0.1, 0.15) is 38.1 Å². The summed E-state index contributed by atoms with van der Waals surface area (Å²) >= 11 is 1.80. The molecule has 1 heterocycles. The van der Waals surface area contributed by atoms with E-state index in [0.717, 1.165) is 12.5 Å². The Hall–Kier alpha value is -0.410. The summed E-state index contributed by atoms with van der Waals surface area (Å²) in [7, 11) is 0. The van der Waals surface area contributed by atoms with Crippen molar-refractivity contribution in [2.75, 3.05) is 13.1 Å². The van der Waals surface area contributed by atoms with Gasteiger partial charge in [0.25, 0.3) is 0 Å². The fraction of sp³-hybridized carbons (Fsp3) is 0.769. The van der Waals surface area contributed by atoms with Crippen molar-refractivity contribution in [1.29, 1.82) is 0 Å². The number of hydrogen-bond donors (Lipinski definition) is 1. The number of hydrogen-bond acceptors (Lipinski definition) is 3. The molecule has 1 aliphatic carbocycles. The molecule has 0 atom stereocenters. The van der Waals surface area contributed by atoms with Gasteiger partial charge in [0.15, 0.2) is 0 Å². The van der Waals surface area contributed by atoms with Crippen molar-refractivity contribution in [3.63, 3.8) is 0 Å². The summed E-state index contributed by atoms with van der Waals surface area (Å²) in [4.78, 5) is 4.42. The summed E-state index contributed by atoms with van der Waals surface area (Å²) in [5, 5.41) is 7.01. The number of thiazole rings is 1. The largest absolute Gasteiger partial charge is 0.316 e. The van der Waals surface area contributed by atoms with Gasteiger partial charge >= 0.3 is 0 Å². The second-order valence-electron chi connectivity index (χ2n) is 5.48. The summed E-state index contributed by atoms with van der Waals surface area (Å²) in [6, 6.07) is 0. The molecule has 0 saturated heterocycles. The minimum Gasteiger partial charge on any atom is -0.316 e. The molecule has 0 spiro atoms. The summed E-state index contributed by atoms with van der Waals surface area (Å²) in [6.45, 7) is 6.84. The summed E-state index contributed by atoms with van der Waals surface area (Å²) in [6.07, 6.45) is 7.24. The van der Waals surface area contributed by atoms with Gasteiger partial charge in [0.05, 0.1) is 5.01 Å². The highest BCUT2D eigenvalue weighted by Crippen LogP contribution is 2.43. The predicted octanol–water partition coefficient (Wildman–Crippen LogP) is 3.10. The first-order valence-corrected chi connectivity index (χ1v) is 7.17. The van der Waals surface area contributed by atoms with E-state index in [9.17, 15) is 0 Å². The van der Waals surface area contributed by atoms with E-state index in [2.05, 4.69) is 29.5 Å². The minimum absolute atomic E-state index is 0.521. The third kappa shape index (κ3) is 3.05. The van der Waals surface area contributed by atoms with Crippen LogP contribution in [0.4, 0.5) is 0 Å². The lowest BCUT2D eigenvalue weighted by Crippen LogP contribution is -2.42. The lowest BCUT2D eigenvalue weighted by Gasteiger charge is -2.42. The van der Waals surface area contributed by atoms with Crippen LogP contribution in [0.2, 0.25) is 0 Å². The molecule has 1 aliphatic rings. The first-order chi connectivity index (χ1) is 7.70. The zero-order valence-corrected chi connectivity index (χ0v) is 11.1. The van der Waals surface area contributed by atoms with E-state index < -0.39 is 0 Å². The Morgan fingerprint density at radius 1 is 1.50 bits per heavy atom. The lowest BCUT2D eigenvalue weighted by atomic mass is 9.66. The molecule has 0 aromatic carbocycles. The topological polar surface area (TPSA) is 24.9 Å². The van der Waals surface area contributed by atoms with Gasteiger partial charge in [0.1, 0.15) is 0 Å². The average Bonchev–Trinajstić information content (AvgIpc) is 2.65. The van der Waals surface area contributed by atoms with Gasteiger partial charge in [-0.3, -0.25) is 0 Å². The quantitative estimate of drug-likeness (QED) is 0.823. The number of nitrogens with zero attached hydrogens (tertiary/aromatic N) is 1. The summed E-state index contributed by atoms with van der Waals surface area (Å²) < 4.78 is 0. The van der Waals surface area contributed by atoms with E-state index in [4.69, 9.17) is 0 Å². The number of nitrogens with one attached hydrogen (secondary N) is 1.